The van der Waals surface area contributed by atoms with E-state index in [0.717, 1.165) is 30.5 Å². The highest BCUT2D eigenvalue weighted by atomic mass is 16.5. The van der Waals surface area contributed by atoms with Gasteiger partial charge in [0.1, 0.15) is 5.75 Å². The van der Waals surface area contributed by atoms with Crippen LogP contribution in [-0.2, 0) is 6.54 Å². The molecule has 1 aliphatic heterocycles. The van der Waals surface area contributed by atoms with Crippen molar-refractivity contribution in [2.45, 2.75) is 19.5 Å². The molecule has 1 aliphatic rings. The molecule has 3 rings (SSSR count). The van der Waals surface area contributed by atoms with Gasteiger partial charge in [-0.3, -0.25) is 4.99 Å². The maximum Gasteiger partial charge on any atom is 0.191 e. The van der Waals surface area contributed by atoms with Crippen molar-refractivity contribution < 1.29 is 9.47 Å². The third kappa shape index (κ3) is 3.94. The first-order valence-corrected chi connectivity index (χ1v) is 7.69. The molecule has 0 aliphatic carbocycles. The zero-order valence-corrected chi connectivity index (χ0v) is 13.4. The fourth-order valence-electron chi connectivity index (χ4n) is 2.35. The van der Waals surface area contributed by atoms with Crippen molar-refractivity contribution in [1.82, 2.24) is 10.6 Å². The second-order valence-corrected chi connectivity index (χ2v) is 5.49. The SMILES string of the molecule is COc1ccccc1Oc1ccc(CNC2=NCC(C)N2)cc1. The molecule has 0 amide bonds. The van der Waals surface area contributed by atoms with Crippen LogP contribution in [0.3, 0.4) is 0 Å². The Bertz CT molecular complexity index is 683. The number of aliphatic imine (C=N–C) groups is 1. The van der Waals surface area contributed by atoms with Crippen molar-refractivity contribution in [3.63, 3.8) is 0 Å². The highest BCUT2D eigenvalue weighted by molar-refractivity contribution is 5.81. The summed E-state index contributed by atoms with van der Waals surface area (Å²) >= 11 is 0. The van der Waals surface area contributed by atoms with Crippen molar-refractivity contribution >= 4 is 5.96 Å². The van der Waals surface area contributed by atoms with Crippen molar-refractivity contribution in [1.29, 1.82) is 0 Å². The molecule has 120 valence electrons. The number of hydrogen-bond donors (Lipinski definition) is 2. The lowest BCUT2D eigenvalue weighted by Gasteiger charge is -2.11. The standard InChI is InChI=1S/C18H21N3O2/c1-13-11-19-18(21-13)20-12-14-7-9-15(10-8-14)23-17-6-4-3-5-16(17)22-2/h3-10,13H,11-12H2,1-2H3,(H2,19,20,21). The molecule has 0 bridgehead atoms. The average Bonchev–Trinajstić information content (AvgIpc) is 3.00. The predicted molar refractivity (Wildman–Crippen MR) is 91.2 cm³/mol. The largest absolute Gasteiger partial charge is 0.493 e. The molecule has 0 saturated heterocycles. The lowest BCUT2D eigenvalue weighted by Crippen LogP contribution is -2.37. The van der Waals surface area contributed by atoms with Gasteiger partial charge in [0.05, 0.1) is 13.7 Å². The summed E-state index contributed by atoms with van der Waals surface area (Å²) in [6.45, 7) is 3.67. The minimum Gasteiger partial charge on any atom is -0.493 e. The number of methoxy groups -OCH3 is 1. The molecule has 0 aromatic heterocycles. The van der Waals surface area contributed by atoms with Crippen molar-refractivity contribution in [2.75, 3.05) is 13.7 Å². The van der Waals surface area contributed by atoms with Crippen LogP contribution >= 0.6 is 0 Å². The lowest BCUT2D eigenvalue weighted by atomic mass is 10.2. The zero-order chi connectivity index (χ0) is 16.1. The number of hydrogen-bond acceptors (Lipinski definition) is 5. The van der Waals surface area contributed by atoms with Gasteiger partial charge in [-0.25, -0.2) is 0 Å². The molecule has 1 atom stereocenters. The van der Waals surface area contributed by atoms with Crippen LogP contribution in [0.5, 0.6) is 17.2 Å². The van der Waals surface area contributed by atoms with E-state index in [9.17, 15) is 0 Å². The topological polar surface area (TPSA) is 54.9 Å². The highest BCUT2D eigenvalue weighted by Gasteiger charge is 2.11. The number of guanidine groups is 1. The number of benzene rings is 2. The first-order valence-electron chi connectivity index (χ1n) is 7.69. The number of nitrogens with one attached hydrogen (secondary N) is 2. The Labute approximate surface area is 136 Å². The van der Waals surface area contributed by atoms with E-state index in [1.807, 2.05) is 48.5 Å². The third-order valence-electron chi connectivity index (χ3n) is 3.59. The molecule has 0 saturated carbocycles. The van der Waals surface area contributed by atoms with E-state index in [2.05, 4.69) is 22.5 Å². The van der Waals surface area contributed by atoms with E-state index >= 15 is 0 Å². The summed E-state index contributed by atoms with van der Waals surface area (Å²) in [5.41, 5.74) is 1.17. The summed E-state index contributed by atoms with van der Waals surface area (Å²) in [7, 11) is 1.64. The molecule has 2 aromatic carbocycles. The molecular weight excluding hydrogens is 290 g/mol. The summed E-state index contributed by atoms with van der Waals surface area (Å²) in [6, 6.07) is 16.0. The smallest absolute Gasteiger partial charge is 0.191 e. The number of nitrogens with zero attached hydrogens (tertiary/aromatic N) is 1. The molecule has 2 aromatic rings. The monoisotopic (exact) mass is 311 g/mol. The van der Waals surface area contributed by atoms with Gasteiger partial charge in [-0.2, -0.15) is 0 Å². The van der Waals surface area contributed by atoms with Gasteiger partial charge in [0.15, 0.2) is 17.5 Å². The second-order valence-electron chi connectivity index (χ2n) is 5.49. The van der Waals surface area contributed by atoms with E-state index in [1.165, 1.54) is 5.56 Å². The average molecular weight is 311 g/mol. The van der Waals surface area contributed by atoms with Gasteiger partial charge in [0.2, 0.25) is 0 Å². The first kappa shape index (κ1) is 15.2. The molecule has 0 fully saturated rings. The highest BCUT2D eigenvalue weighted by Crippen LogP contribution is 2.30. The normalized spacial score (nSPS) is 16.4. The van der Waals surface area contributed by atoms with Crippen LogP contribution < -0.4 is 20.1 Å². The fraction of sp³-hybridized carbons (Fsp3) is 0.278. The second kappa shape index (κ2) is 7.05. The van der Waals surface area contributed by atoms with Crippen LogP contribution in [0.15, 0.2) is 53.5 Å². The summed E-state index contributed by atoms with van der Waals surface area (Å²) in [5, 5.41) is 6.57. The molecule has 1 heterocycles. The summed E-state index contributed by atoms with van der Waals surface area (Å²) in [5.74, 6) is 3.08. The minimum atomic E-state index is 0.411. The van der Waals surface area contributed by atoms with Crippen LogP contribution in [0, 0.1) is 0 Å². The molecule has 1 unspecified atom stereocenters. The van der Waals surface area contributed by atoms with Gasteiger partial charge in [-0.15, -0.1) is 0 Å². The minimum absolute atomic E-state index is 0.411. The van der Waals surface area contributed by atoms with Crippen molar-refractivity contribution in [3.8, 4) is 17.2 Å². The number of ether oxygens (including phenoxy) is 2. The Morgan fingerprint density at radius 1 is 1.13 bits per heavy atom. The van der Waals surface area contributed by atoms with Crippen LogP contribution in [0.4, 0.5) is 0 Å². The molecular formula is C18H21N3O2. The Balaban J connectivity index is 1.59. The van der Waals surface area contributed by atoms with Crippen molar-refractivity contribution in [3.05, 3.63) is 54.1 Å². The molecule has 0 spiro atoms. The quantitative estimate of drug-likeness (QED) is 0.891. The Kier molecular flexibility index (Phi) is 4.66. The zero-order valence-electron chi connectivity index (χ0n) is 13.4. The van der Waals surface area contributed by atoms with Crippen LogP contribution in [-0.4, -0.2) is 25.7 Å². The van der Waals surface area contributed by atoms with Gasteiger partial charge < -0.3 is 20.1 Å². The number of para-hydroxylation sites is 2. The Morgan fingerprint density at radius 2 is 1.87 bits per heavy atom. The van der Waals surface area contributed by atoms with Crippen LogP contribution in [0.25, 0.3) is 0 Å². The van der Waals surface area contributed by atoms with Gasteiger partial charge >= 0.3 is 0 Å². The maximum atomic E-state index is 5.87. The summed E-state index contributed by atoms with van der Waals surface area (Å²) in [6.07, 6.45) is 0. The Hall–Kier alpha value is -2.69. The van der Waals surface area contributed by atoms with E-state index in [1.54, 1.807) is 7.11 Å². The van der Waals surface area contributed by atoms with Gasteiger partial charge in [-0.05, 0) is 36.8 Å². The van der Waals surface area contributed by atoms with Crippen LogP contribution in [0.2, 0.25) is 0 Å². The molecule has 2 N–H and O–H groups in total. The molecule has 5 nitrogen and oxygen atoms in total. The van der Waals surface area contributed by atoms with Gasteiger partial charge in [-0.1, -0.05) is 24.3 Å². The number of rotatable bonds is 5. The first-order chi connectivity index (χ1) is 11.2. The lowest BCUT2D eigenvalue weighted by molar-refractivity contribution is 0.379. The Morgan fingerprint density at radius 3 is 2.52 bits per heavy atom. The molecule has 0 radical (unpaired) electrons. The molecule has 5 heteroatoms. The van der Waals surface area contributed by atoms with Gasteiger partial charge in [0, 0.05) is 12.6 Å². The van der Waals surface area contributed by atoms with E-state index < -0.39 is 0 Å². The van der Waals surface area contributed by atoms with E-state index in [4.69, 9.17) is 9.47 Å². The van der Waals surface area contributed by atoms with E-state index in [0.29, 0.717) is 11.8 Å². The summed E-state index contributed by atoms with van der Waals surface area (Å²) < 4.78 is 11.2. The predicted octanol–water partition coefficient (Wildman–Crippen LogP) is 2.92. The maximum absolute atomic E-state index is 5.87. The van der Waals surface area contributed by atoms with Crippen LogP contribution in [0.1, 0.15) is 12.5 Å². The molecule has 23 heavy (non-hydrogen) atoms. The van der Waals surface area contributed by atoms with E-state index in [-0.39, 0.29) is 0 Å². The summed E-state index contributed by atoms with van der Waals surface area (Å²) in [4.78, 5) is 4.38. The van der Waals surface area contributed by atoms with Gasteiger partial charge in [0.25, 0.3) is 0 Å². The van der Waals surface area contributed by atoms with Crippen molar-refractivity contribution in [2.24, 2.45) is 4.99 Å². The fourth-order valence-corrected chi connectivity index (χ4v) is 2.35. The third-order valence-corrected chi connectivity index (χ3v) is 3.59.